The van der Waals surface area contributed by atoms with Gasteiger partial charge < -0.3 is 9.73 Å². The molecule has 2 aromatic rings. The number of oxazole rings is 1. The summed E-state index contributed by atoms with van der Waals surface area (Å²) in [7, 11) is 1.84. The fourth-order valence-electron chi connectivity index (χ4n) is 1.46. The molecule has 1 unspecified atom stereocenters. The van der Waals surface area contributed by atoms with Gasteiger partial charge >= 0.3 is 0 Å². The molecule has 1 aromatic heterocycles. The first-order valence-corrected chi connectivity index (χ1v) is 5.96. The average molecular weight is 271 g/mol. The molecule has 5 heteroatoms. The molecule has 1 atom stereocenters. The third-order valence-corrected chi connectivity index (χ3v) is 3.17. The molecule has 0 spiro atoms. The lowest BCUT2D eigenvalue weighted by Crippen LogP contribution is -2.12. The Morgan fingerprint density at radius 2 is 1.94 bits per heavy atom. The fraction of sp³-hybridized carbons (Fsp3) is 0.250. The van der Waals surface area contributed by atoms with Crippen LogP contribution in [0.2, 0.25) is 10.0 Å². The molecular weight excluding hydrogens is 259 g/mol. The summed E-state index contributed by atoms with van der Waals surface area (Å²) in [6.45, 7) is 1.96. The molecule has 0 radical (unpaired) electrons. The molecule has 0 saturated carbocycles. The second kappa shape index (κ2) is 5.08. The highest BCUT2D eigenvalue weighted by Gasteiger charge is 2.15. The molecule has 0 bridgehead atoms. The van der Waals surface area contributed by atoms with E-state index in [-0.39, 0.29) is 6.04 Å². The van der Waals surface area contributed by atoms with E-state index in [1.165, 1.54) is 0 Å². The van der Waals surface area contributed by atoms with Crippen molar-refractivity contribution in [3.05, 3.63) is 40.3 Å². The van der Waals surface area contributed by atoms with Crippen molar-refractivity contribution in [3.8, 4) is 11.3 Å². The number of nitrogens with one attached hydrogen (secondary N) is 1. The first-order chi connectivity index (χ1) is 8.13. The van der Waals surface area contributed by atoms with Crippen molar-refractivity contribution in [2.24, 2.45) is 0 Å². The zero-order chi connectivity index (χ0) is 12.4. The third kappa shape index (κ3) is 2.46. The van der Waals surface area contributed by atoms with Gasteiger partial charge in [0.25, 0.3) is 0 Å². The summed E-state index contributed by atoms with van der Waals surface area (Å²) in [5.74, 6) is 1.19. The Hall–Kier alpha value is -1.03. The highest BCUT2D eigenvalue weighted by atomic mass is 35.5. The normalized spacial score (nSPS) is 12.7. The summed E-state index contributed by atoms with van der Waals surface area (Å²) < 4.78 is 5.64. The van der Waals surface area contributed by atoms with Crippen LogP contribution in [-0.2, 0) is 0 Å². The van der Waals surface area contributed by atoms with Crippen molar-refractivity contribution in [1.82, 2.24) is 10.3 Å². The molecule has 3 nitrogen and oxygen atoms in total. The third-order valence-electron chi connectivity index (χ3n) is 2.54. The van der Waals surface area contributed by atoms with E-state index in [1.54, 1.807) is 24.4 Å². The quantitative estimate of drug-likeness (QED) is 0.919. The van der Waals surface area contributed by atoms with E-state index in [4.69, 9.17) is 27.6 Å². The smallest absolute Gasteiger partial charge is 0.211 e. The maximum atomic E-state index is 6.10. The van der Waals surface area contributed by atoms with Crippen molar-refractivity contribution in [3.63, 3.8) is 0 Å². The molecule has 0 amide bonds. The predicted molar refractivity (Wildman–Crippen MR) is 69.4 cm³/mol. The van der Waals surface area contributed by atoms with Crippen molar-refractivity contribution in [2.45, 2.75) is 13.0 Å². The van der Waals surface area contributed by atoms with E-state index in [0.717, 1.165) is 0 Å². The van der Waals surface area contributed by atoms with Gasteiger partial charge in [-0.15, -0.1) is 0 Å². The highest BCUT2D eigenvalue weighted by Crippen LogP contribution is 2.35. The van der Waals surface area contributed by atoms with Gasteiger partial charge in [-0.05, 0) is 26.1 Å². The molecule has 90 valence electrons. The van der Waals surface area contributed by atoms with Gasteiger partial charge in [-0.2, -0.15) is 0 Å². The Morgan fingerprint density at radius 3 is 2.53 bits per heavy atom. The number of hydrogen-bond donors (Lipinski definition) is 1. The summed E-state index contributed by atoms with van der Waals surface area (Å²) in [5.41, 5.74) is 0.679. The van der Waals surface area contributed by atoms with Crippen molar-refractivity contribution in [2.75, 3.05) is 7.05 Å². The molecule has 0 aliphatic rings. The Kier molecular flexibility index (Phi) is 3.72. The zero-order valence-corrected chi connectivity index (χ0v) is 11.0. The van der Waals surface area contributed by atoms with E-state index in [1.807, 2.05) is 14.0 Å². The van der Waals surface area contributed by atoms with Crippen LogP contribution in [0.15, 0.2) is 28.8 Å². The van der Waals surface area contributed by atoms with Crippen LogP contribution in [0.3, 0.4) is 0 Å². The summed E-state index contributed by atoms with van der Waals surface area (Å²) in [6.07, 6.45) is 1.64. The first-order valence-electron chi connectivity index (χ1n) is 5.21. The largest absolute Gasteiger partial charge is 0.439 e. The van der Waals surface area contributed by atoms with Crippen LogP contribution in [0.25, 0.3) is 11.3 Å². The Labute approximate surface area is 110 Å². The Morgan fingerprint density at radius 1 is 1.29 bits per heavy atom. The summed E-state index contributed by atoms with van der Waals surface area (Å²) in [4.78, 5) is 4.20. The lowest BCUT2D eigenvalue weighted by atomic mass is 10.2. The number of nitrogens with zero attached hydrogens (tertiary/aromatic N) is 1. The molecule has 17 heavy (non-hydrogen) atoms. The molecular formula is C12H12Cl2N2O. The Balaban J connectivity index is 2.44. The van der Waals surface area contributed by atoms with Gasteiger partial charge in [-0.25, -0.2) is 4.98 Å². The molecule has 1 N–H and O–H groups in total. The number of rotatable bonds is 3. The van der Waals surface area contributed by atoms with E-state index < -0.39 is 0 Å². The van der Waals surface area contributed by atoms with Crippen LogP contribution in [0.5, 0.6) is 0 Å². The second-order valence-electron chi connectivity index (χ2n) is 3.67. The lowest BCUT2D eigenvalue weighted by molar-refractivity contribution is 0.441. The van der Waals surface area contributed by atoms with Gasteiger partial charge in [0.1, 0.15) is 0 Å². The highest BCUT2D eigenvalue weighted by molar-refractivity contribution is 6.39. The van der Waals surface area contributed by atoms with E-state index >= 15 is 0 Å². The summed E-state index contributed by atoms with van der Waals surface area (Å²) in [5, 5.41) is 4.16. The number of benzene rings is 1. The van der Waals surface area contributed by atoms with Crippen LogP contribution in [0, 0.1) is 0 Å². The molecule has 1 heterocycles. The fourth-order valence-corrected chi connectivity index (χ4v) is 2.04. The van der Waals surface area contributed by atoms with Crippen LogP contribution in [0.4, 0.5) is 0 Å². The van der Waals surface area contributed by atoms with Crippen LogP contribution < -0.4 is 5.32 Å². The molecule has 0 aliphatic heterocycles. The first kappa shape index (κ1) is 12.4. The molecule has 0 saturated heterocycles. The van der Waals surface area contributed by atoms with Crippen LogP contribution in [-0.4, -0.2) is 12.0 Å². The molecule has 1 aromatic carbocycles. The van der Waals surface area contributed by atoms with E-state index in [0.29, 0.717) is 27.3 Å². The molecule has 2 rings (SSSR count). The second-order valence-corrected chi connectivity index (χ2v) is 4.48. The summed E-state index contributed by atoms with van der Waals surface area (Å²) in [6, 6.07) is 5.38. The van der Waals surface area contributed by atoms with Gasteiger partial charge in [-0.1, -0.05) is 29.3 Å². The van der Waals surface area contributed by atoms with Crippen molar-refractivity contribution in [1.29, 1.82) is 0 Å². The molecule has 0 aliphatic carbocycles. The number of aromatic nitrogens is 1. The van der Waals surface area contributed by atoms with Gasteiger partial charge in [0.2, 0.25) is 5.89 Å². The van der Waals surface area contributed by atoms with Gasteiger partial charge in [0.15, 0.2) is 5.76 Å². The number of hydrogen-bond acceptors (Lipinski definition) is 3. The monoisotopic (exact) mass is 270 g/mol. The SMILES string of the molecule is CNC(C)c1ncc(-c2c(Cl)cccc2Cl)o1. The van der Waals surface area contributed by atoms with E-state index in [2.05, 4.69) is 10.3 Å². The lowest BCUT2D eigenvalue weighted by Gasteiger charge is -2.05. The zero-order valence-electron chi connectivity index (χ0n) is 9.50. The average Bonchev–Trinajstić information content (AvgIpc) is 2.77. The molecule has 0 fully saturated rings. The maximum absolute atomic E-state index is 6.10. The number of halogens is 2. The van der Waals surface area contributed by atoms with Gasteiger partial charge in [-0.3, -0.25) is 0 Å². The van der Waals surface area contributed by atoms with E-state index in [9.17, 15) is 0 Å². The van der Waals surface area contributed by atoms with Crippen molar-refractivity contribution < 1.29 is 4.42 Å². The van der Waals surface area contributed by atoms with Crippen molar-refractivity contribution >= 4 is 23.2 Å². The minimum atomic E-state index is 0.0463. The maximum Gasteiger partial charge on any atom is 0.211 e. The van der Waals surface area contributed by atoms with Gasteiger partial charge in [0, 0.05) is 0 Å². The minimum absolute atomic E-state index is 0.0463. The van der Waals surface area contributed by atoms with Crippen LogP contribution >= 0.6 is 23.2 Å². The van der Waals surface area contributed by atoms with Crippen LogP contribution in [0.1, 0.15) is 18.9 Å². The topological polar surface area (TPSA) is 38.1 Å². The predicted octanol–water partition coefficient (Wildman–Crippen LogP) is 3.93. The minimum Gasteiger partial charge on any atom is -0.439 e. The summed E-state index contributed by atoms with van der Waals surface area (Å²) >= 11 is 12.2. The standard InChI is InChI=1S/C12H12Cl2N2O/c1-7(15-2)12-16-6-10(17-12)11-8(13)4-3-5-9(11)14/h3-7,15H,1-2H3. The Bertz CT molecular complexity index is 505. The van der Waals surface area contributed by atoms with Gasteiger partial charge in [0.05, 0.1) is 27.8 Å².